The van der Waals surface area contributed by atoms with E-state index in [2.05, 4.69) is 20.3 Å². The minimum atomic E-state index is -4.90. The van der Waals surface area contributed by atoms with Gasteiger partial charge in [0.2, 0.25) is 15.0 Å². The Morgan fingerprint density at radius 1 is 1.04 bits per heavy atom. The molecule has 0 aliphatic heterocycles. The highest BCUT2D eigenvalue weighted by molar-refractivity contribution is 7.91. The van der Waals surface area contributed by atoms with Gasteiger partial charge in [0.1, 0.15) is 11.3 Å². The van der Waals surface area contributed by atoms with E-state index in [0.717, 1.165) is 12.1 Å². The standard InChI is InChI=1S/C15H10F3N3O3S2/c16-15(17,18)24-11-2-1-3-13(8-11)26(22,23)12-6-4-10(5-7-12)20-14-21-19-9-25-14/h1-9H,(H,20,21). The van der Waals surface area contributed by atoms with Gasteiger partial charge < -0.3 is 10.1 Å². The summed E-state index contributed by atoms with van der Waals surface area (Å²) in [6.07, 6.45) is -4.90. The first kappa shape index (κ1) is 18.1. The van der Waals surface area contributed by atoms with Gasteiger partial charge in [0.25, 0.3) is 0 Å². The third kappa shape index (κ3) is 4.29. The van der Waals surface area contributed by atoms with Crippen molar-refractivity contribution in [1.29, 1.82) is 0 Å². The SMILES string of the molecule is O=S(=O)(c1ccc(Nc2nncs2)cc1)c1cccc(OC(F)(F)F)c1. The van der Waals surface area contributed by atoms with Gasteiger partial charge >= 0.3 is 6.36 Å². The molecule has 26 heavy (non-hydrogen) atoms. The van der Waals surface area contributed by atoms with E-state index >= 15 is 0 Å². The van der Waals surface area contributed by atoms with Crippen molar-refractivity contribution >= 4 is 32.0 Å². The molecule has 0 unspecified atom stereocenters. The molecule has 1 aromatic heterocycles. The van der Waals surface area contributed by atoms with E-state index in [1.807, 2.05) is 0 Å². The van der Waals surface area contributed by atoms with Crippen LogP contribution in [-0.4, -0.2) is 25.0 Å². The Balaban J connectivity index is 1.85. The van der Waals surface area contributed by atoms with E-state index in [0.29, 0.717) is 10.8 Å². The smallest absolute Gasteiger partial charge is 0.406 e. The Bertz CT molecular complexity index is 989. The number of rotatable bonds is 5. The van der Waals surface area contributed by atoms with Crippen LogP contribution in [0.4, 0.5) is 24.0 Å². The van der Waals surface area contributed by atoms with Gasteiger partial charge in [0, 0.05) is 5.69 Å². The first-order valence-electron chi connectivity index (χ1n) is 6.98. The van der Waals surface area contributed by atoms with Gasteiger partial charge in [-0.15, -0.1) is 23.4 Å². The molecule has 0 saturated carbocycles. The first-order valence-corrected chi connectivity index (χ1v) is 9.34. The van der Waals surface area contributed by atoms with Crippen molar-refractivity contribution in [3.8, 4) is 5.75 Å². The van der Waals surface area contributed by atoms with Gasteiger partial charge in [-0.3, -0.25) is 0 Å². The van der Waals surface area contributed by atoms with Gasteiger partial charge in [-0.25, -0.2) is 8.42 Å². The number of alkyl halides is 3. The topological polar surface area (TPSA) is 81.2 Å². The minimum Gasteiger partial charge on any atom is -0.406 e. The first-order chi connectivity index (χ1) is 12.2. The lowest BCUT2D eigenvalue weighted by Crippen LogP contribution is -2.17. The maximum atomic E-state index is 12.6. The summed E-state index contributed by atoms with van der Waals surface area (Å²) < 4.78 is 65.9. The van der Waals surface area contributed by atoms with Crippen LogP contribution in [0.3, 0.4) is 0 Å². The quantitative estimate of drug-likeness (QED) is 0.696. The maximum absolute atomic E-state index is 12.6. The third-order valence-corrected chi connectivity index (χ3v) is 5.50. The largest absolute Gasteiger partial charge is 0.573 e. The van der Waals surface area contributed by atoms with Crippen LogP contribution < -0.4 is 10.1 Å². The maximum Gasteiger partial charge on any atom is 0.573 e. The van der Waals surface area contributed by atoms with Crippen LogP contribution >= 0.6 is 11.3 Å². The van der Waals surface area contributed by atoms with Crippen LogP contribution in [0.15, 0.2) is 63.8 Å². The molecule has 0 aliphatic carbocycles. The Morgan fingerprint density at radius 2 is 1.77 bits per heavy atom. The van der Waals surface area contributed by atoms with E-state index in [9.17, 15) is 21.6 Å². The van der Waals surface area contributed by atoms with Gasteiger partial charge in [0.15, 0.2) is 0 Å². The number of anilines is 2. The molecule has 0 saturated heterocycles. The van der Waals surface area contributed by atoms with Gasteiger partial charge in [-0.05, 0) is 42.5 Å². The molecule has 0 aliphatic rings. The zero-order valence-electron chi connectivity index (χ0n) is 12.8. The Morgan fingerprint density at radius 3 is 2.38 bits per heavy atom. The molecule has 0 amide bonds. The summed E-state index contributed by atoms with van der Waals surface area (Å²) in [4.78, 5) is -0.367. The highest BCUT2D eigenvalue weighted by Crippen LogP contribution is 2.28. The van der Waals surface area contributed by atoms with Gasteiger partial charge in [-0.1, -0.05) is 17.4 Å². The summed E-state index contributed by atoms with van der Waals surface area (Å²) in [5, 5.41) is 11.0. The number of nitrogens with zero attached hydrogens (tertiary/aromatic N) is 2. The van der Waals surface area contributed by atoms with Crippen molar-refractivity contribution in [2.24, 2.45) is 0 Å². The van der Waals surface area contributed by atoms with Crippen LogP contribution in [0.25, 0.3) is 0 Å². The molecule has 1 N–H and O–H groups in total. The Kier molecular flexibility index (Phi) is 4.83. The molecule has 0 spiro atoms. The number of nitrogens with one attached hydrogen (secondary N) is 1. The van der Waals surface area contributed by atoms with Crippen molar-refractivity contribution in [1.82, 2.24) is 10.2 Å². The van der Waals surface area contributed by atoms with Crippen LogP contribution in [0.2, 0.25) is 0 Å². The molecule has 3 rings (SSSR count). The lowest BCUT2D eigenvalue weighted by Gasteiger charge is -2.11. The molecule has 6 nitrogen and oxygen atoms in total. The molecule has 3 aromatic rings. The average molecular weight is 401 g/mol. The molecule has 1 heterocycles. The normalized spacial score (nSPS) is 12.0. The van der Waals surface area contributed by atoms with Gasteiger partial charge in [0.05, 0.1) is 9.79 Å². The zero-order chi connectivity index (χ0) is 18.8. The van der Waals surface area contributed by atoms with E-state index < -0.39 is 21.9 Å². The van der Waals surface area contributed by atoms with Crippen molar-refractivity contribution < 1.29 is 26.3 Å². The van der Waals surface area contributed by atoms with Crippen molar-refractivity contribution in [2.45, 2.75) is 16.2 Å². The summed E-state index contributed by atoms with van der Waals surface area (Å²) in [5.74, 6) is -0.604. The highest BCUT2D eigenvalue weighted by Gasteiger charge is 2.31. The number of aromatic nitrogens is 2. The van der Waals surface area contributed by atoms with E-state index in [4.69, 9.17) is 0 Å². The molecule has 11 heteroatoms. The monoisotopic (exact) mass is 401 g/mol. The number of hydrogen-bond donors (Lipinski definition) is 1. The summed E-state index contributed by atoms with van der Waals surface area (Å²) in [5.41, 5.74) is 2.13. The van der Waals surface area contributed by atoms with E-state index in [-0.39, 0.29) is 9.79 Å². The predicted octanol–water partition coefficient (Wildman–Crippen LogP) is 4.01. The number of hydrogen-bond acceptors (Lipinski definition) is 7. The fourth-order valence-electron chi connectivity index (χ4n) is 2.04. The average Bonchev–Trinajstić information content (AvgIpc) is 3.07. The molecular formula is C15H10F3N3O3S2. The third-order valence-electron chi connectivity index (χ3n) is 3.13. The lowest BCUT2D eigenvalue weighted by molar-refractivity contribution is -0.274. The predicted molar refractivity (Wildman–Crippen MR) is 88.2 cm³/mol. The highest BCUT2D eigenvalue weighted by atomic mass is 32.2. The molecule has 0 bridgehead atoms. The van der Waals surface area contributed by atoms with Gasteiger partial charge in [-0.2, -0.15) is 0 Å². The second-order valence-corrected chi connectivity index (χ2v) is 7.70. The number of ether oxygens (including phenoxy) is 1. The van der Waals surface area contributed by atoms with Crippen molar-refractivity contribution in [3.05, 3.63) is 54.0 Å². The Hall–Kier alpha value is -2.66. The van der Waals surface area contributed by atoms with Crippen LogP contribution in [0.1, 0.15) is 0 Å². The second kappa shape index (κ2) is 6.92. The summed E-state index contributed by atoms with van der Waals surface area (Å²) in [6.45, 7) is 0. The molecule has 2 aromatic carbocycles. The molecule has 136 valence electrons. The summed E-state index contributed by atoms with van der Waals surface area (Å²) in [7, 11) is -4.00. The minimum absolute atomic E-state index is 0.0653. The summed E-state index contributed by atoms with van der Waals surface area (Å²) in [6, 6.07) is 9.96. The van der Waals surface area contributed by atoms with Crippen LogP contribution in [-0.2, 0) is 9.84 Å². The fourth-order valence-corrected chi connectivity index (χ4v) is 3.80. The molecule has 0 radical (unpaired) electrons. The van der Waals surface area contributed by atoms with Crippen LogP contribution in [0.5, 0.6) is 5.75 Å². The second-order valence-electron chi connectivity index (χ2n) is 4.92. The number of sulfone groups is 1. The molecule has 0 atom stereocenters. The fraction of sp³-hybridized carbons (Fsp3) is 0.0667. The Labute approximate surface area is 150 Å². The molecular weight excluding hydrogens is 391 g/mol. The van der Waals surface area contributed by atoms with Crippen molar-refractivity contribution in [3.63, 3.8) is 0 Å². The van der Waals surface area contributed by atoms with E-state index in [1.165, 1.54) is 53.2 Å². The zero-order valence-corrected chi connectivity index (χ0v) is 14.4. The molecule has 0 fully saturated rings. The van der Waals surface area contributed by atoms with Crippen molar-refractivity contribution in [2.75, 3.05) is 5.32 Å². The lowest BCUT2D eigenvalue weighted by atomic mass is 10.3. The van der Waals surface area contributed by atoms with Crippen LogP contribution in [0, 0.1) is 0 Å². The number of halogens is 3. The summed E-state index contributed by atoms with van der Waals surface area (Å²) >= 11 is 1.27. The van der Waals surface area contributed by atoms with E-state index in [1.54, 1.807) is 0 Å². The number of benzene rings is 2.